The summed E-state index contributed by atoms with van der Waals surface area (Å²) in [4.78, 5) is 10.6. The van der Waals surface area contributed by atoms with Gasteiger partial charge in [-0.05, 0) is 48.2 Å². The SMILES string of the molecule is CSc1ccc(-c2noc(CN3CCN(Cc4ccc5c(c4)OCO5)CC3)n2)cc1. The Balaban J connectivity index is 1.13. The second kappa shape index (κ2) is 8.67. The second-order valence-electron chi connectivity index (χ2n) is 7.48. The Morgan fingerprint density at radius 1 is 0.900 bits per heavy atom. The highest BCUT2D eigenvalue weighted by molar-refractivity contribution is 7.98. The van der Waals surface area contributed by atoms with Crippen LogP contribution in [0, 0.1) is 0 Å². The number of nitrogens with zero attached hydrogens (tertiary/aromatic N) is 4. The molecule has 0 saturated carbocycles. The predicted octanol–water partition coefficient (Wildman–Crippen LogP) is 3.51. The number of rotatable bonds is 6. The Morgan fingerprint density at radius 3 is 2.40 bits per heavy atom. The zero-order valence-corrected chi connectivity index (χ0v) is 17.7. The number of ether oxygens (including phenoxy) is 2. The molecule has 0 bridgehead atoms. The Morgan fingerprint density at radius 2 is 1.63 bits per heavy atom. The van der Waals surface area contributed by atoms with E-state index in [2.05, 4.69) is 50.5 Å². The molecular formula is C22H24N4O3S. The number of piperazine rings is 1. The molecule has 0 N–H and O–H groups in total. The standard InChI is InChI=1S/C22H24N4O3S/c1-30-18-5-3-17(4-6-18)22-23-21(29-24-22)14-26-10-8-25(9-11-26)13-16-2-7-19-20(12-16)28-15-27-19/h2-7,12H,8-11,13-15H2,1H3. The van der Waals surface area contributed by atoms with Crippen LogP contribution in [0.4, 0.5) is 0 Å². The second-order valence-corrected chi connectivity index (χ2v) is 8.36. The molecule has 7 nitrogen and oxygen atoms in total. The third kappa shape index (κ3) is 4.30. The Bertz CT molecular complexity index is 1000. The van der Waals surface area contributed by atoms with Gasteiger partial charge in [0.2, 0.25) is 18.5 Å². The van der Waals surface area contributed by atoms with E-state index in [0.29, 0.717) is 25.1 Å². The van der Waals surface area contributed by atoms with Crippen molar-refractivity contribution in [2.45, 2.75) is 18.0 Å². The van der Waals surface area contributed by atoms with Crippen LogP contribution < -0.4 is 9.47 Å². The molecule has 2 aromatic carbocycles. The van der Waals surface area contributed by atoms with Gasteiger partial charge in [-0.25, -0.2) is 0 Å². The van der Waals surface area contributed by atoms with Crippen molar-refractivity contribution in [3.8, 4) is 22.9 Å². The normalized spacial score (nSPS) is 16.8. The summed E-state index contributed by atoms with van der Waals surface area (Å²) in [7, 11) is 0. The van der Waals surface area contributed by atoms with Crippen LogP contribution >= 0.6 is 11.8 Å². The van der Waals surface area contributed by atoms with Crippen molar-refractivity contribution < 1.29 is 14.0 Å². The van der Waals surface area contributed by atoms with Gasteiger partial charge in [0.15, 0.2) is 11.5 Å². The number of hydrogen-bond acceptors (Lipinski definition) is 8. The number of thioether (sulfide) groups is 1. The molecule has 0 spiro atoms. The molecule has 8 heteroatoms. The van der Waals surface area contributed by atoms with Crippen LogP contribution in [0.25, 0.3) is 11.4 Å². The van der Waals surface area contributed by atoms with E-state index in [1.165, 1.54) is 10.5 Å². The third-order valence-electron chi connectivity index (χ3n) is 5.48. The fraction of sp³-hybridized carbons (Fsp3) is 0.364. The quantitative estimate of drug-likeness (QED) is 0.557. The molecule has 3 aromatic rings. The molecule has 1 saturated heterocycles. The maximum atomic E-state index is 5.50. The average molecular weight is 425 g/mol. The number of aromatic nitrogens is 2. The van der Waals surface area contributed by atoms with Crippen LogP contribution in [-0.4, -0.2) is 59.2 Å². The average Bonchev–Trinajstić information content (AvgIpc) is 3.44. The van der Waals surface area contributed by atoms with Gasteiger partial charge in [0.05, 0.1) is 6.54 Å². The number of fused-ring (bicyclic) bond motifs is 1. The molecule has 3 heterocycles. The van der Waals surface area contributed by atoms with E-state index in [9.17, 15) is 0 Å². The van der Waals surface area contributed by atoms with E-state index in [4.69, 9.17) is 14.0 Å². The van der Waals surface area contributed by atoms with Crippen molar-refractivity contribution in [3.63, 3.8) is 0 Å². The lowest BCUT2D eigenvalue weighted by Gasteiger charge is -2.33. The van der Waals surface area contributed by atoms with Crippen LogP contribution in [-0.2, 0) is 13.1 Å². The first-order chi connectivity index (χ1) is 14.8. The van der Waals surface area contributed by atoms with Gasteiger partial charge in [-0.2, -0.15) is 4.98 Å². The van der Waals surface area contributed by atoms with Crippen LogP contribution in [0.3, 0.4) is 0 Å². The largest absolute Gasteiger partial charge is 0.454 e. The molecular weight excluding hydrogens is 400 g/mol. The molecule has 1 fully saturated rings. The highest BCUT2D eigenvalue weighted by Gasteiger charge is 2.21. The van der Waals surface area contributed by atoms with Crippen molar-refractivity contribution in [3.05, 3.63) is 53.9 Å². The minimum atomic E-state index is 0.317. The summed E-state index contributed by atoms with van der Waals surface area (Å²) in [5, 5.41) is 4.15. The van der Waals surface area contributed by atoms with Crippen LogP contribution in [0.15, 0.2) is 51.9 Å². The van der Waals surface area contributed by atoms with E-state index in [-0.39, 0.29) is 0 Å². The first kappa shape index (κ1) is 19.4. The molecule has 0 unspecified atom stereocenters. The van der Waals surface area contributed by atoms with Crippen molar-refractivity contribution >= 4 is 11.8 Å². The minimum Gasteiger partial charge on any atom is -0.454 e. The van der Waals surface area contributed by atoms with E-state index < -0.39 is 0 Å². The molecule has 156 valence electrons. The lowest BCUT2D eigenvalue weighted by atomic mass is 10.1. The fourth-order valence-electron chi connectivity index (χ4n) is 3.77. The summed E-state index contributed by atoms with van der Waals surface area (Å²) in [6.07, 6.45) is 2.07. The van der Waals surface area contributed by atoms with Crippen LogP contribution in [0.1, 0.15) is 11.5 Å². The van der Waals surface area contributed by atoms with Crippen molar-refractivity contribution in [1.82, 2.24) is 19.9 Å². The van der Waals surface area contributed by atoms with E-state index >= 15 is 0 Å². The zero-order chi connectivity index (χ0) is 20.3. The van der Waals surface area contributed by atoms with Gasteiger partial charge in [-0.15, -0.1) is 11.8 Å². The van der Waals surface area contributed by atoms with E-state index in [0.717, 1.165) is 49.8 Å². The third-order valence-corrected chi connectivity index (χ3v) is 6.23. The predicted molar refractivity (Wildman–Crippen MR) is 115 cm³/mol. The molecule has 5 rings (SSSR count). The molecule has 0 atom stereocenters. The van der Waals surface area contributed by atoms with Crippen molar-refractivity contribution in [2.24, 2.45) is 0 Å². The van der Waals surface area contributed by atoms with Gasteiger partial charge in [-0.3, -0.25) is 9.80 Å². The minimum absolute atomic E-state index is 0.317. The summed E-state index contributed by atoms with van der Waals surface area (Å²) in [6.45, 7) is 5.89. The summed E-state index contributed by atoms with van der Waals surface area (Å²) in [5.41, 5.74) is 2.23. The summed E-state index contributed by atoms with van der Waals surface area (Å²) in [6, 6.07) is 14.4. The molecule has 2 aliphatic rings. The van der Waals surface area contributed by atoms with Gasteiger partial charge in [-0.1, -0.05) is 11.2 Å². The van der Waals surface area contributed by atoms with Crippen LogP contribution in [0.5, 0.6) is 11.5 Å². The smallest absolute Gasteiger partial charge is 0.241 e. The maximum absolute atomic E-state index is 5.50. The summed E-state index contributed by atoms with van der Waals surface area (Å²) in [5.74, 6) is 3.01. The van der Waals surface area contributed by atoms with Gasteiger partial charge in [0, 0.05) is 43.2 Å². The van der Waals surface area contributed by atoms with Gasteiger partial charge in [0.1, 0.15) is 0 Å². The molecule has 0 radical (unpaired) electrons. The fourth-order valence-corrected chi connectivity index (χ4v) is 4.18. The first-order valence-corrected chi connectivity index (χ1v) is 11.3. The molecule has 0 amide bonds. The number of benzene rings is 2. The Hall–Kier alpha value is -2.55. The van der Waals surface area contributed by atoms with Crippen LogP contribution in [0.2, 0.25) is 0 Å². The highest BCUT2D eigenvalue weighted by Crippen LogP contribution is 2.33. The molecule has 2 aliphatic heterocycles. The molecule has 30 heavy (non-hydrogen) atoms. The van der Waals surface area contributed by atoms with Crippen molar-refractivity contribution in [1.29, 1.82) is 0 Å². The van der Waals surface area contributed by atoms with Gasteiger partial charge < -0.3 is 14.0 Å². The first-order valence-electron chi connectivity index (χ1n) is 10.1. The Kier molecular flexibility index (Phi) is 5.61. The highest BCUT2D eigenvalue weighted by atomic mass is 32.2. The lowest BCUT2D eigenvalue weighted by Crippen LogP contribution is -2.45. The number of hydrogen-bond donors (Lipinski definition) is 0. The molecule has 0 aliphatic carbocycles. The lowest BCUT2D eigenvalue weighted by molar-refractivity contribution is 0.112. The zero-order valence-electron chi connectivity index (χ0n) is 16.9. The summed E-state index contributed by atoms with van der Waals surface area (Å²) < 4.78 is 16.4. The van der Waals surface area contributed by atoms with E-state index in [1.54, 1.807) is 11.8 Å². The molecule has 1 aromatic heterocycles. The monoisotopic (exact) mass is 424 g/mol. The topological polar surface area (TPSA) is 63.9 Å². The Labute approximate surface area is 180 Å². The van der Waals surface area contributed by atoms with Gasteiger partial charge >= 0.3 is 0 Å². The van der Waals surface area contributed by atoms with Gasteiger partial charge in [0.25, 0.3) is 0 Å². The summed E-state index contributed by atoms with van der Waals surface area (Å²) >= 11 is 1.72. The van der Waals surface area contributed by atoms with Crippen molar-refractivity contribution in [2.75, 3.05) is 39.2 Å². The maximum Gasteiger partial charge on any atom is 0.241 e. The van der Waals surface area contributed by atoms with E-state index in [1.807, 2.05) is 18.2 Å².